The van der Waals surface area contributed by atoms with Crippen LogP contribution in [0.3, 0.4) is 0 Å². The van der Waals surface area contributed by atoms with Crippen LogP contribution in [0.5, 0.6) is 0 Å². The van der Waals surface area contributed by atoms with Gasteiger partial charge < -0.3 is 9.69 Å². The zero-order chi connectivity index (χ0) is 15.6. The van der Waals surface area contributed by atoms with Gasteiger partial charge in [-0.05, 0) is 38.9 Å². The summed E-state index contributed by atoms with van der Waals surface area (Å²) < 4.78 is 0. The molecule has 0 fully saturated rings. The second-order valence-electron chi connectivity index (χ2n) is 6.28. The summed E-state index contributed by atoms with van der Waals surface area (Å²) in [6.07, 6.45) is 17.9. The van der Waals surface area contributed by atoms with Gasteiger partial charge in [0.2, 0.25) is 0 Å². The Morgan fingerprint density at radius 1 is 0.667 bits per heavy atom. The molecule has 0 rings (SSSR count). The Morgan fingerprint density at radius 3 is 1.62 bits per heavy atom. The Hall–Kier alpha value is -0.370. The number of hydrogen-bond donors (Lipinski definition) is 0. The summed E-state index contributed by atoms with van der Waals surface area (Å²) in [5.41, 5.74) is 0. The van der Waals surface area contributed by atoms with Crippen LogP contribution in [0.1, 0.15) is 97.3 Å². The van der Waals surface area contributed by atoms with Gasteiger partial charge in [0.1, 0.15) is 6.29 Å². The molecular formula is C19H39NO. The van der Waals surface area contributed by atoms with Gasteiger partial charge in [-0.1, -0.05) is 71.6 Å². The Bertz CT molecular complexity index is 206. The summed E-state index contributed by atoms with van der Waals surface area (Å²) in [7, 11) is 0. The highest BCUT2D eigenvalue weighted by atomic mass is 16.1. The molecule has 0 aromatic heterocycles. The molecule has 0 heterocycles. The number of carbonyl (C=O) groups is 1. The minimum atomic E-state index is 0.749. The van der Waals surface area contributed by atoms with Crippen LogP contribution < -0.4 is 0 Å². The second kappa shape index (κ2) is 17.7. The molecule has 2 heteroatoms. The lowest BCUT2D eigenvalue weighted by atomic mass is 10.1. The van der Waals surface area contributed by atoms with Gasteiger partial charge in [-0.2, -0.15) is 0 Å². The van der Waals surface area contributed by atoms with E-state index in [9.17, 15) is 4.79 Å². The van der Waals surface area contributed by atoms with E-state index in [1.165, 1.54) is 90.3 Å². The first-order valence-electron chi connectivity index (χ1n) is 9.51. The van der Waals surface area contributed by atoms with E-state index in [1.807, 2.05) is 0 Å². The standard InChI is InChI=1S/C19H39NO/c1-3-5-6-7-8-11-14-17-20(4-2)18-15-12-9-10-13-16-19-21/h19H,3-18H2,1-2H3. The van der Waals surface area contributed by atoms with Gasteiger partial charge in [0.15, 0.2) is 0 Å². The van der Waals surface area contributed by atoms with Crippen molar-refractivity contribution >= 4 is 6.29 Å². The molecule has 2 nitrogen and oxygen atoms in total. The van der Waals surface area contributed by atoms with Crippen molar-refractivity contribution in [3.05, 3.63) is 0 Å². The molecule has 0 atom stereocenters. The molecule has 0 unspecified atom stereocenters. The fourth-order valence-electron chi connectivity index (χ4n) is 2.81. The highest BCUT2D eigenvalue weighted by molar-refractivity contribution is 5.48. The molecule has 0 aliphatic carbocycles. The molecule has 0 aromatic carbocycles. The lowest BCUT2D eigenvalue weighted by Gasteiger charge is -2.20. The van der Waals surface area contributed by atoms with E-state index in [0.29, 0.717) is 0 Å². The van der Waals surface area contributed by atoms with E-state index < -0.39 is 0 Å². The third-order valence-electron chi connectivity index (χ3n) is 4.32. The van der Waals surface area contributed by atoms with Crippen molar-refractivity contribution in [3.8, 4) is 0 Å². The highest BCUT2D eigenvalue weighted by Gasteiger charge is 2.01. The lowest BCUT2D eigenvalue weighted by Crippen LogP contribution is -2.25. The number of carbonyl (C=O) groups excluding carboxylic acids is 1. The van der Waals surface area contributed by atoms with Gasteiger partial charge in [-0.15, -0.1) is 0 Å². The highest BCUT2D eigenvalue weighted by Crippen LogP contribution is 2.09. The first-order chi connectivity index (χ1) is 10.3. The molecule has 0 aliphatic heterocycles. The van der Waals surface area contributed by atoms with Crippen molar-refractivity contribution in [2.24, 2.45) is 0 Å². The first kappa shape index (κ1) is 20.6. The van der Waals surface area contributed by atoms with Crippen LogP contribution in [0.4, 0.5) is 0 Å². The number of aldehydes is 1. The minimum Gasteiger partial charge on any atom is -0.304 e. The maximum atomic E-state index is 10.2. The quantitative estimate of drug-likeness (QED) is 0.257. The number of rotatable bonds is 17. The third-order valence-corrected chi connectivity index (χ3v) is 4.32. The van der Waals surface area contributed by atoms with Crippen molar-refractivity contribution in [2.75, 3.05) is 19.6 Å². The molecule has 0 N–H and O–H groups in total. The molecule has 21 heavy (non-hydrogen) atoms. The van der Waals surface area contributed by atoms with Gasteiger partial charge in [-0.3, -0.25) is 0 Å². The zero-order valence-corrected chi connectivity index (χ0v) is 14.7. The topological polar surface area (TPSA) is 20.3 Å². The van der Waals surface area contributed by atoms with Gasteiger partial charge in [-0.25, -0.2) is 0 Å². The number of unbranched alkanes of at least 4 members (excludes halogenated alkanes) is 11. The second-order valence-corrected chi connectivity index (χ2v) is 6.28. The van der Waals surface area contributed by atoms with Crippen LogP contribution in [-0.2, 0) is 4.79 Å². The maximum absolute atomic E-state index is 10.2. The molecule has 0 bridgehead atoms. The average molecular weight is 298 g/mol. The normalized spacial score (nSPS) is 11.2. The zero-order valence-electron chi connectivity index (χ0n) is 14.7. The van der Waals surface area contributed by atoms with Crippen molar-refractivity contribution in [2.45, 2.75) is 97.3 Å². The molecule has 0 spiro atoms. The van der Waals surface area contributed by atoms with Crippen LogP contribution >= 0.6 is 0 Å². The Morgan fingerprint density at radius 2 is 1.14 bits per heavy atom. The number of hydrogen-bond acceptors (Lipinski definition) is 2. The fourth-order valence-corrected chi connectivity index (χ4v) is 2.81. The molecule has 0 amide bonds. The van der Waals surface area contributed by atoms with E-state index in [4.69, 9.17) is 0 Å². The van der Waals surface area contributed by atoms with E-state index in [-0.39, 0.29) is 0 Å². The smallest absolute Gasteiger partial charge is 0.119 e. The van der Waals surface area contributed by atoms with E-state index in [0.717, 1.165) is 19.1 Å². The molecular weight excluding hydrogens is 258 g/mol. The van der Waals surface area contributed by atoms with Crippen LogP contribution in [-0.4, -0.2) is 30.8 Å². The van der Waals surface area contributed by atoms with Crippen LogP contribution in [0.25, 0.3) is 0 Å². The van der Waals surface area contributed by atoms with Crippen molar-refractivity contribution in [1.82, 2.24) is 4.90 Å². The van der Waals surface area contributed by atoms with Crippen molar-refractivity contribution in [1.29, 1.82) is 0 Å². The molecule has 0 aromatic rings. The third kappa shape index (κ3) is 15.8. The summed E-state index contributed by atoms with van der Waals surface area (Å²) in [5, 5.41) is 0. The molecule has 0 aliphatic rings. The summed E-state index contributed by atoms with van der Waals surface area (Å²) in [4.78, 5) is 12.8. The van der Waals surface area contributed by atoms with Crippen LogP contribution in [0, 0.1) is 0 Å². The lowest BCUT2D eigenvalue weighted by molar-refractivity contribution is -0.107. The summed E-state index contributed by atoms with van der Waals surface area (Å²) in [6.45, 7) is 8.31. The van der Waals surface area contributed by atoms with E-state index >= 15 is 0 Å². The first-order valence-corrected chi connectivity index (χ1v) is 9.51. The van der Waals surface area contributed by atoms with Gasteiger partial charge >= 0.3 is 0 Å². The monoisotopic (exact) mass is 297 g/mol. The largest absolute Gasteiger partial charge is 0.304 e. The Kier molecular flexibility index (Phi) is 17.4. The Labute approximate surface area is 133 Å². The summed E-state index contributed by atoms with van der Waals surface area (Å²) in [6, 6.07) is 0. The van der Waals surface area contributed by atoms with Crippen LogP contribution in [0.2, 0.25) is 0 Å². The van der Waals surface area contributed by atoms with Crippen LogP contribution in [0.15, 0.2) is 0 Å². The number of nitrogens with zero attached hydrogens (tertiary/aromatic N) is 1. The summed E-state index contributed by atoms with van der Waals surface area (Å²) >= 11 is 0. The molecule has 0 saturated carbocycles. The van der Waals surface area contributed by atoms with Crippen molar-refractivity contribution < 1.29 is 4.79 Å². The minimum absolute atomic E-state index is 0.749. The van der Waals surface area contributed by atoms with Gasteiger partial charge in [0, 0.05) is 6.42 Å². The fraction of sp³-hybridized carbons (Fsp3) is 0.947. The predicted octanol–water partition coefficient (Wildman–Crippen LogP) is 5.60. The van der Waals surface area contributed by atoms with Crippen molar-refractivity contribution in [3.63, 3.8) is 0 Å². The molecule has 0 radical (unpaired) electrons. The Balaban J connectivity index is 3.31. The van der Waals surface area contributed by atoms with E-state index in [1.54, 1.807) is 0 Å². The molecule has 0 saturated heterocycles. The van der Waals surface area contributed by atoms with E-state index in [2.05, 4.69) is 18.7 Å². The van der Waals surface area contributed by atoms with Gasteiger partial charge in [0.25, 0.3) is 0 Å². The molecule has 126 valence electrons. The SMILES string of the molecule is CCCCCCCCCN(CC)CCCCCCCC=O. The predicted molar refractivity (Wildman–Crippen MR) is 93.9 cm³/mol. The maximum Gasteiger partial charge on any atom is 0.119 e. The average Bonchev–Trinajstić information content (AvgIpc) is 2.51. The van der Waals surface area contributed by atoms with Gasteiger partial charge in [0.05, 0.1) is 0 Å². The summed E-state index contributed by atoms with van der Waals surface area (Å²) in [5.74, 6) is 0.